The van der Waals surface area contributed by atoms with Crippen molar-refractivity contribution in [3.8, 4) is 0 Å². The van der Waals surface area contributed by atoms with Gasteiger partial charge in [-0.2, -0.15) is 0 Å². The number of aliphatic carboxylic acids is 1. The van der Waals surface area contributed by atoms with Gasteiger partial charge in [-0.3, -0.25) is 14.5 Å². The van der Waals surface area contributed by atoms with E-state index in [9.17, 15) is 14.7 Å². The van der Waals surface area contributed by atoms with Crippen LogP contribution in [0.15, 0.2) is 48.5 Å². The summed E-state index contributed by atoms with van der Waals surface area (Å²) in [6.07, 6.45) is 3.85. The average molecular weight is 555 g/mol. The highest BCUT2D eigenvalue weighted by atomic mass is 16.7. The first-order chi connectivity index (χ1) is 19.5. The molecule has 2 aromatic rings. The van der Waals surface area contributed by atoms with Crippen molar-refractivity contribution in [1.29, 1.82) is 0 Å². The number of ether oxygens (including phenoxy) is 3. The Morgan fingerprint density at radius 2 is 1.50 bits per heavy atom. The van der Waals surface area contributed by atoms with Gasteiger partial charge in [-0.25, -0.2) is 0 Å². The van der Waals surface area contributed by atoms with Crippen molar-refractivity contribution in [1.82, 2.24) is 10.2 Å². The van der Waals surface area contributed by atoms with Crippen LogP contribution in [0.1, 0.15) is 79.6 Å². The van der Waals surface area contributed by atoms with Crippen molar-refractivity contribution in [2.75, 3.05) is 32.8 Å². The maximum absolute atomic E-state index is 12.2. The normalized spacial score (nSPS) is 21.7. The molecular formula is C31H42N2O7. The van der Waals surface area contributed by atoms with E-state index in [-0.39, 0.29) is 31.1 Å². The van der Waals surface area contributed by atoms with Gasteiger partial charge in [-0.05, 0) is 29.5 Å². The van der Waals surface area contributed by atoms with Crippen molar-refractivity contribution >= 4 is 11.9 Å². The van der Waals surface area contributed by atoms with Gasteiger partial charge < -0.3 is 29.7 Å². The molecule has 0 spiro atoms. The number of carbonyl (C=O) groups is 2. The number of aliphatic hydroxyl groups is 1. The van der Waals surface area contributed by atoms with E-state index < -0.39 is 12.3 Å². The molecule has 218 valence electrons. The zero-order chi connectivity index (χ0) is 28.2. The van der Waals surface area contributed by atoms with E-state index >= 15 is 0 Å². The number of amides is 1. The number of benzene rings is 2. The standard InChI is InChI=1S/C31H42N2O7/c34-22-24-9-11-25(12-10-24)28-19-27(21-33-15-17-38-18-16-33)39-31(40-28)26-13-7-23(8-14-26)20-32-29(35)5-3-1-2-4-6-30(36)37/h7-14,27-28,31,34H,1-6,15-22H2,(H,32,35)(H,36,37). The van der Waals surface area contributed by atoms with Gasteiger partial charge in [0.2, 0.25) is 5.91 Å². The number of morpholine rings is 1. The molecule has 3 unspecified atom stereocenters. The van der Waals surface area contributed by atoms with Gasteiger partial charge in [0.05, 0.1) is 32.0 Å². The summed E-state index contributed by atoms with van der Waals surface area (Å²) in [5.74, 6) is -0.770. The Morgan fingerprint density at radius 3 is 2.17 bits per heavy atom. The first kappa shape index (κ1) is 30.1. The fourth-order valence-electron chi connectivity index (χ4n) is 5.10. The molecule has 3 N–H and O–H groups in total. The molecule has 2 aliphatic rings. The van der Waals surface area contributed by atoms with E-state index in [4.69, 9.17) is 19.3 Å². The molecule has 9 heteroatoms. The van der Waals surface area contributed by atoms with Crippen LogP contribution in [0.4, 0.5) is 0 Å². The number of hydrogen-bond donors (Lipinski definition) is 3. The minimum Gasteiger partial charge on any atom is -0.481 e. The third kappa shape index (κ3) is 9.67. The summed E-state index contributed by atoms with van der Waals surface area (Å²) < 4.78 is 18.4. The number of carboxylic acids is 1. The van der Waals surface area contributed by atoms with Gasteiger partial charge in [0.1, 0.15) is 0 Å². The molecule has 0 aromatic heterocycles. The zero-order valence-electron chi connectivity index (χ0n) is 23.1. The SMILES string of the molecule is O=C(O)CCCCCCC(=O)NCc1ccc(C2OC(CN3CCOCC3)CC(c3ccc(CO)cc3)O2)cc1. The molecule has 3 atom stereocenters. The van der Waals surface area contributed by atoms with Crippen LogP contribution in [-0.2, 0) is 37.0 Å². The van der Waals surface area contributed by atoms with Crippen LogP contribution in [0.25, 0.3) is 0 Å². The predicted octanol–water partition coefficient (Wildman–Crippen LogP) is 4.10. The van der Waals surface area contributed by atoms with Gasteiger partial charge in [0.25, 0.3) is 0 Å². The number of nitrogens with one attached hydrogen (secondary N) is 1. The lowest BCUT2D eigenvalue weighted by molar-refractivity contribution is -0.253. The van der Waals surface area contributed by atoms with Gasteiger partial charge in [0, 0.05) is 51.0 Å². The zero-order valence-corrected chi connectivity index (χ0v) is 23.1. The molecule has 2 saturated heterocycles. The Balaban J connectivity index is 1.31. The summed E-state index contributed by atoms with van der Waals surface area (Å²) in [5, 5.41) is 21.1. The average Bonchev–Trinajstić information content (AvgIpc) is 2.98. The Kier molecular flexibility index (Phi) is 11.9. The van der Waals surface area contributed by atoms with Crippen molar-refractivity contribution in [3.05, 3.63) is 70.8 Å². The summed E-state index contributed by atoms with van der Waals surface area (Å²) in [6.45, 7) is 4.55. The largest absolute Gasteiger partial charge is 0.481 e. The minimum absolute atomic E-state index is 0.00210. The Morgan fingerprint density at radius 1 is 0.850 bits per heavy atom. The highest BCUT2D eigenvalue weighted by Gasteiger charge is 2.33. The van der Waals surface area contributed by atoms with E-state index in [1.54, 1.807) is 0 Å². The molecule has 0 saturated carbocycles. The minimum atomic E-state index is -0.772. The molecule has 0 bridgehead atoms. The molecule has 2 aromatic carbocycles. The highest BCUT2D eigenvalue weighted by molar-refractivity contribution is 5.75. The third-order valence-corrected chi connectivity index (χ3v) is 7.47. The number of carboxylic acid groups (broad SMARTS) is 1. The fourth-order valence-corrected chi connectivity index (χ4v) is 5.10. The maximum Gasteiger partial charge on any atom is 0.303 e. The predicted molar refractivity (Wildman–Crippen MR) is 149 cm³/mol. The third-order valence-electron chi connectivity index (χ3n) is 7.47. The second kappa shape index (κ2) is 15.8. The number of hydrogen-bond acceptors (Lipinski definition) is 7. The number of carbonyl (C=O) groups excluding carboxylic acids is 1. The summed E-state index contributed by atoms with van der Waals surface area (Å²) in [4.78, 5) is 25.2. The van der Waals surface area contributed by atoms with Crippen molar-refractivity contribution in [2.24, 2.45) is 0 Å². The van der Waals surface area contributed by atoms with Gasteiger partial charge >= 0.3 is 5.97 Å². The van der Waals surface area contributed by atoms with Crippen LogP contribution in [0, 0.1) is 0 Å². The second-order valence-electron chi connectivity index (χ2n) is 10.6. The molecule has 0 aliphatic carbocycles. The van der Waals surface area contributed by atoms with Crippen LogP contribution in [0.2, 0.25) is 0 Å². The number of nitrogens with zero attached hydrogens (tertiary/aromatic N) is 1. The monoisotopic (exact) mass is 554 g/mol. The maximum atomic E-state index is 12.2. The molecule has 2 heterocycles. The first-order valence-corrected chi connectivity index (χ1v) is 14.4. The van der Waals surface area contributed by atoms with E-state index in [2.05, 4.69) is 10.2 Å². The highest BCUT2D eigenvalue weighted by Crippen LogP contribution is 2.38. The van der Waals surface area contributed by atoms with Gasteiger partial charge in [-0.15, -0.1) is 0 Å². The Hall–Kier alpha value is -2.82. The lowest BCUT2D eigenvalue weighted by Crippen LogP contribution is -2.44. The number of unbranched alkanes of at least 4 members (excludes halogenated alkanes) is 3. The van der Waals surface area contributed by atoms with Crippen LogP contribution >= 0.6 is 0 Å². The summed E-state index contributed by atoms with van der Waals surface area (Å²) in [5.41, 5.74) is 3.87. The van der Waals surface area contributed by atoms with E-state index in [0.29, 0.717) is 19.4 Å². The lowest BCUT2D eigenvalue weighted by atomic mass is 9.99. The number of aliphatic hydroxyl groups excluding tert-OH is 1. The summed E-state index contributed by atoms with van der Waals surface area (Å²) >= 11 is 0. The van der Waals surface area contributed by atoms with E-state index in [1.807, 2.05) is 48.5 Å². The quantitative estimate of drug-likeness (QED) is 0.299. The van der Waals surface area contributed by atoms with Crippen LogP contribution in [0.3, 0.4) is 0 Å². The van der Waals surface area contributed by atoms with Crippen LogP contribution < -0.4 is 5.32 Å². The first-order valence-electron chi connectivity index (χ1n) is 14.4. The van der Waals surface area contributed by atoms with Gasteiger partial charge in [-0.1, -0.05) is 61.4 Å². The molecule has 2 aliphatic heterocycles. The molecular weight excluding hydrogens is 512 g/mol. The van der Waals surface area contributed by atoms with Gasteiger partial charge in [0.15, 0.2) is 6.29 Å². The van der Waals surface area contributed by atoms with Crippen LogP contribution in [-0.4, -0.2) is 65.9 Å². The van der Waals surface area contributed by atoms with E-state index in [0.717, 1.165) is 80.8 Å². The second-order valence-corrected chi connectivity index (χ2v) is 10.6. The smallest absolute Gasteiger partial charge is 0.303 e. The lowest BCUT2D eigenvalue weighted by Gasteiger charge is -2.39. The Bertz CT molecular complexity index is 1050. The van der Waals surface area contributed by atoms with Crippen molar-refractivity contribution in [2.45, 2.75) is 76.6 Å². The topological polar surface area (TPSA) is 118 Å². The van der Waals surface area contributed by atoms with Crippen LogP contribution in [0.5, 0.6) is 0 Å². The molecule has 4 rings (SSSR count). The summed E-state index contributed by atoms with van der Waals surface area (Å²) in [7, 11) is 0. The molecule has 0 radical (unpaired) electrons. The molecule has 2 fully saturated rings. The van der Waals surface area contributed by atoms with E-state index in [1.165, 1.54) is 0 Å². The Labute approximate surface area is 236 Å². The van der Waals surface area contributed by atoms with Crippen molar-refractivity contribution in [3.63, 3.8) is 0 Å². The fraction of sp³-hybridized carbons (Fsp3) is 0.548. The number of rotatable bonds is 14. The molecule has 9 nitrogen and oxygen atoms in total. The van der Waals surface area contributed by atoms with Crippen molar-refractivity contribution < 1.29 is 34.0 Å². The molecule has 40 heavy (non-hydrogen) atoms. The molecule has 1 amide bonds. The summed E-state index contributed by atoms with van der Waals surface area (Å²) in [6, 6.07) is 15.9.